The van der Waals surface area contributed by atoms with Crippen molar-refractivity contribution in [3.05, 3.63) is 189 Å². The zero-order chi connectivity index (χ0) is 27.4. The van der Waals surface area contributed by atoms with Crippen LogP contribution in [-0.4, -0.2) is 0 Å². The average Bonchev–Trinajstić information content (AvgIpc) is 3.60. The second-order valence-corrected chi connectivity index (χ2v) is 10.3. The molecule has 7 rings (SSSR count). The van der Waals surface area contributed by atoms with Crippen LogP contribution in [0, 0.1) is 31.6 Å². The number of rotatable bonds is 6. The first-order valence-corrected chi connectivity index (χ1v) is 14.1. The average molecular weight is 522 g/mol. The van der Waals surface area contributed by atoms with E-state index in [9.17, 15) is 0 Å². The lowest BCUT2D eigenvalue weighted by atomic mass is 9.72. The minimum atomic E-state index is 1.20. The lowest BCUT2D eigenvalue weighted by Gasteiger charge is -2.30. The molecule has 0 aliphatic heterocycles. The standard InChI is InChI=1S/C41H29/c1-6-18-30(19-7-1)36-37(31-20-8-2-9-21-31)39(33-24-12-4-13-25-33)41(35-28-16-17-29-35)40(34-26-14-5-15-27-34)38(36)32-22-10-3-11-23-32/h1-29H. The lowest BCUT2D eigenvalue weighted by molar-refractivity contribution is 1.29. The third-order valence-corrected chi connectivity index (χ3v) is 7.76. The third kappa shape index (κ3) is 4.81. The molecule has 6 aromatic rings. The summed E-state index contributed by atoms with van der Waals surface area (Å²) in [5.41, 5.74) is 13.5. The number of hydrogen-bond donors (Lipinski definition) is 0. The Morgan fingerprint density at radius 1 is 0.220 bits per heavy atom. The molecule has 41 heavy (non-hydrogen) atoms. The topological polar surface area (TPSA) is 0 Å². The SMILES string of the molecule is [CH]1[CH][CH][C](c2c(-c3ccccc3)c(-c3ccccc3)c(-c3ccccc3)c(-c3ccccc3)c2-c2ccccc2)[CH]1. The van der Waals surface area contributed by atoms with Gasteiger partial charge in [-0.05, 0) is 86.9 Å². The van der Waals surface area contributed by atoms with E-state index in [0.717, 1.165) is 0 Å². The van der Waals surface area contributed by atoms with Crippen molar-refractivity contribution in [3.8, 4) is 55.6 Å². The summed E-state index contributed by atoms with van der Waals surface area (Å²) in [6.07, 6.45) is 8.79. The first-order chi connectivity index (χ1) is 20.4. The summed E-state index contributed by atoms with van der Waals surface area (Å²) in [4.78, 5) is 0. The van der Waals surface area contributed by atoms with E-state index in [2.05, 4.69) is 177 Å². The van der Waals surface area contributed by atoms with Gasteiger partial charge in [-0.25, -0.2) is 0 Å². The molecule has 0 saturated heterocycles. The summed E-state index contributed by atoms with van der Waals surface area (Å²) in [6.45, 7) is 0. The molecule has 0 heterocycles. The van der Waals surface area contributed by atoms with E-state index < -0.39 is 0 Å². The summed E-state index contributed by atoms with van der Waals surface area (Å²) in [6, 6.07) is 54.5. The smallest absolute Gasteiger partial charge is 0.0137 e. The second kappa shape index (κ2) is 11.4. The van der Waals surface area contributed by atoms with Crippen LogP contribution in [0.15, 0.2) is 152 Å². The van der Waals surface area contributed by atoms with Crippen molar-refractivity contribution < 1.29 is 0 Å². The quantitative estimate of drug-likeness (QED) is 0.204. The zero-order valence-corrected chi connectivity index (χ0v) is 22.7. The molecule has 1 fully saturated rings. The van der Waals surface area contributed by atoms with Gasteiger partial charge in [-0.2, -0.15) is 0 Å². The van der Waals surface area contributed by atoms with Gasteiger partial charge in [-0.1, -0.05) is 152 Å². The molecule has 0 amide bonds. The second-order valence-electron chi connectivity index (χ2n) is 10.3. The highest BCUT2D eigenvalue weighted by atomic mass is 14.4. The maximum absolute atomic E-state index is 2.25. The predicted octanol–water partition coefficient (Wildman–Crippen LogP) is 10.8. The van der Waals surface area contributed by atoms with Crippen molar-refractivity contribution >= 4 is 0 Å². The summed E-state index contributed by atoms with van der Waals surface area (Å²) < 4.78 is 0. The van der Waals surface area contributed by atoms with Crippen LogP contribution in [0.1, 0.15) is 5.56 Å². The van der Waals surface area contributed by atoms with Gasteiger partial charge in [0.15, 0.2) is 0 Å². The summed E-state index contributed by atoms with van der Waals surface area (Å²) >= 11 is 0. The summed E-state index contributed by atoms with van der Waals surface area (Å²) in [7, 11) is 0. The Balaban J connectivity index is 1.77. The molecule has 0 aromatic heterocycles. The van der Waals surface area contributed by atoms with Crippen LogP contribution in [0.3, 0.4) is 0 Å². The first kappa shape index (κ1) is 25.3. The van der Waals surface area contributed by atoms with E-state index in [1.54, 1.807) is 0 Å². The Bertz CT molecular complexity index is 1630. The summed E-state index contributed by atoms with van der Waals surface area (Å²) in [5.74, 6) is 1.22. The van der Waals surface area contributed by atoms with Crippen molar-refractivity contribution in [3.63, 3.8) is 0 Å². The Labute approximate surface area is 244 Å². The molecule has 0 heteroatoms. The van der Waals surface area contributed by atoms with Crippen LogP contribution >= 0.6 is 0 Å². The van der Waals surface area contributed by atoms with Crippen molar-refractivity contribution in [2.45, 2.75) is 0 Å². The molecule has 0 spiro atoms. The van der Waals surface area contributed by atoms with E-state index in [-0.39, 0.29) is 0 Å². The van der Waals surface area contributed by atoms with Crippen LogP contribution in [0.4, 0.5) is 0 Å². The van der Waals surface area contributed by atoms with Gasteiger partial charge >= 0.3 is 0 Å². The van der Waals surface area contributed by atoms with Gasteiger partial charge in [0.1, 0.15) is 0 Å². The Morgan fingerprint density at radius 3 is 0.683 bits per heavy atom. The molecular formula is C41H29. The fourth-order valence-corrected chi connectivity index (χ4v) is 6.05. The highest BCUT2D eigenvalue weighted by Gasteiger charge is 2.33. The van der Waals surface area contributed by atoms with Gasteiger partial charge in [-0.15, -0.1) is 0 Å². The normalized spacial score (nSPS) is 13.4. The minimum absolute atomic E-state index is 1.20. The van der Waals surface area contributed by atoms with Gasteiger partial charge in [0, 0.05) is 5.92 Å². The Morgan fingerprint density at radius 2 is 0.439 bits per heavy atom. The fourth-order valence-electron chi connectivity index (χ4n) is 6.05. The molecule has 0 N–H and O–H groups in total. The van der Waals surface area contributed by atoms with Gasteiger partial charge in [0.2, 0.25) is 0 Å². The molecule has 1 aliphatic rings. The molecule has 5 radical (unpaired) electrons. The van der Waals surface area contributed by atoms with Gasteiger partial charge in [0.05, 0.1) is 0 Å². The molecule has 193 valence electrons. The fraction of sp³-hybridized carbons (Fsp3) is 0. The third-order valence-electron chi connectivity index (χ3n) is 7.76. The van der Waals surface area contributed by atoms with Crippen LogP contribution in [0.2, 0.25) is 0 Å². The Kier molecular flexibility index (Phi) is 7.06. The van der Waals surface area contributed by atoms with Crippen molar-refractivity contribution in [1.82, 2.24) is 0 Å². The first-order valence-electron chi connectivity index (χ1n) is 14.1. The molecule has 6 aromatic carbocycles. The van der Waals surface area contributed by atoms with Gasteiger partial charge < -0.3 is 0 Å². The monoisotopic (exact) mass is 521 g/mol. The molecule has 0 unspecified atom stereocenters. The highest BCUT2D eigenvalue weighted by Crippen LogP contribution is 2.55. The molecular weight excluding hydrogens is 492 g/mol. The van der Waals surface area contributed by atoms with E-state index in [4.69, 9.17) is 0 Å². The van der Waals surface area contributed by atoms with Gasteiger partial charge in [-0.3, -0.25) is 0 Å². The largest absolute Gasteiger partial charge is 0.0622 e. The van der Waals surface area contributed by atoms with Crippen LogP contribution in [0.5, 0.6) is 0 Å². The zero-order valence-electron chi connectivity index (χ0n) is 22.7. The van der Waals surface area contributed by atoms with E-state index >= 15 is 0 Å². The number of hydrogen-bond acceptors (Lipinski definition) is 0. The van der Waals surface area contributed by atoms with Crippen LogP contribution in [-0.2, 0) is 0 Å². The molecule has 0 bridgehead atoms. The lowest BCUT2D eigenvalue weighted by Crippen LogP contribution is -2.08. The number of benzene rings is 6. The molecule has 1 aliphatic carbocycles. The van der Waals surface area contributed by atoms with Crippen molar-refractivity contribution in [1.29, 1.82) is 0 Å². The van der Waals surface area contributed by atoms with E-state index in [1.165, 1.54) is 67.1 Å². The van der Waals surface area contributed by atoms with E-state index in [1.807, 2.05) is 0 Å². The minimum Gasteiger partial charge on any atom is -0.0622 e. The van der Waals surface area contributed by atoms with Crippen LogP contribution in [0.25, 0.3) is 55.6 Å². The summed E-state index contributed by atoms with van der Waals surface area (Å²) in [5, 5.41) is 0. The maximum atomic E-state index is 2.25. The van der Waals surface area contributed by atoms with Gasteiger partial charge in [0.25, 0.3) is 0 Å². The highest BCUT2D eigenvalue weighted by molar-refractivity contribution is 6.10. The maximum Gasteiger partial charge on any atom is 0.0137 e. The molecule has 0 nitrogen and oxygen atoms in total. The van der Waals surface area contributed by atoms with E-state index in [0.29, 0.717) is 0 Å². The molecule has 1 saturated carbocycles. The van der Waals surface area contributed by atoms with Crippen molar-refractivity contribution in [2.24, 2.45) is 0 Å². The predicted molar refractivity (Wildman–Crippen MR) is 173 cm³/mol. The van der Waals surface area contributed by atoms with Crippen molar-refractivity contribution in [2.75, 3.05) is 0 Å². The molecule has 0 atom stereocenters. The Hall–Kier alpha value is -4.68. The van der Waals surface area contributed by atoms with Crippen LogP contribution < -0.4 is 0 Å².